The standard InChI is InChI=1S/C21H27FN2O4/c1-13(28-17-4-2-16(22)3-5-17)19(26)24-23-18(25)11-20-7-14-6-15(8-20)10-21(27,9-14)12-20/h2-5,13-15,27H,6-12H2,1H3,(H,23,25)(H,24,26)/t13-,14-,15+,20?,21?/m0/s1. The summed E-state index contributed by atoms with van der Waals surface area (Å²) in [4.78, 5) is 24.6. The van der Waals surface area contributed by atoms with Crippen LogP contribution in [0.15, 0.2) is 24.3 Å². The Morgan fingerprint density at radius 2 is 1.82 bits per heavy atom. The van der Waals surface area contributed by atoms with Gasteiger partial charge >= 0.3 is 0 Å². The largest absolute Gasteiger partial charge is 0.481 e. The Morgan fingerprint density at radius 3 is 2.43 bits per heavy atom. The second kappa shape index (κ2) is 7.03. The van der Waals surface area contributed by atoms with Gasteiger partial charge in [-0.2, -0.15) is 0 Å². The number of benzene rings is 1. The Kier molecular flexibility index (Phi) is 4.81. The fraction of sp³-hybridized carbons (Fsp3) is 0.619. The summed E-state index contributed by atoms with van der Waals surface area (Å²) in [6.07, 6.45) is 5.01. The van der Waals surface area contributed by atoms with Crippen LogP contribution in [0.25, 0.3) is 0 Å². The predicted molar refractivity (Wildman–Crippen MR) is 99.5 cm³/mol. The van der Waals surface area contributed by atoms with E-state index in [-0.39, 0.29) is 17.1 Å². The van der Waals surface area contributed by atoms with Crippen LogP contribution in [-0.4, -0.2) is 28.6 Å². The molecule has 152 valence electrons. The number of carbonyl (C=O) groups is 2. The Balaban J connectivity index is 1.27. The van der Waals surface area contributed by atoms with Crippen LogP contribution in [0, 0.1) is 23.1 Å². The van der Waals surface area contributed by atoms with Gasteiger partial charge in [-0.25, -0.2) is 4.39 Å². The molecule has 2 amide bonds. The van der Waals surface area contributed by atoms with E-state index in [1.54, 1.807) is 6.92 Å². The third-order valence-electron chi connectivity index (χ3n) is 6.51. The lowest BCUT2D eigenvalue weighted by Crippen LogP contribution is -2.57. The van der Waals surface area contributed by atoms with Gasteiger partial charge in [0, 0.05) is 6.42 Å². The van der Waals surface area contributed by atoms with Crippen molar-refractivity contribution in [3.8, 4) is 5.75 Å². The number of carbonyl (C=O) groups excluding carboxylic acids is 2. The van der Waals surface area contributed by atoms with E-state index in [1.165, 1.54) is 30.7 Å². The molecule has 4 fully saturated rings. The topological polar surface area (TPSA) is 87.7 Å². The average molecular weight is 390 g/mol. The van der Waals surface area contributed by atoms with E-state index >= 15 is 0 Å². The van der Waals surface area contributed by atoms with Crippen molar-refractivity contribution in [3.63, 3.8) is 0 Å². The number of halogens is 1. The fourth-order valence-electron chi connectivity index (χ4n) is 6.00. The Bertz CT molecular complexity index is 752. The van der Waals surface area contributed by atoms with Gasteiger partial charge in [0.2, 0.25) is 5.91 Å². The number of hydrazine groups is 1. The lowest BCUT2D eigenvalue weighted by molar-refractivity contribution is -0.169. The summed E-state index contributed by atoms with van der Waals surface area (Å²) in [5, 5.41) is 10.8. The highest BCUT2D eigenvalue weighted by atomic mass is 19.1. The number of hydrogen-bond acceptors (Lipinski definition) is 4. The van der Waals surface area contributed by atoms with Gasteiger partial charge in [0.25, 0.3) is 5.91 Å². The van der Waals surface area contributed by atoms with E-state index < -0.39 is 17.6 Å². The second-order valence-electron chi connectivity index (χ2n) is 9.11. The molecule has 4 saturated carbocycles. The number of amides is 2. The average Bonchev–Trinajstić information content (AvgIpc) is 2.59. The van der Waals surface area contributed by atoms with Gasteiger partial charge in [-0.1, -0.05) is 0 Å². The molecule has 0 saturated heterocycles. The molecular weight excluding hydrogens is 363 g/mol. The zero-order chi connectivity index (χ0) is 19.9. The Hall–Kier alpha value is -2.15. The molecule has 1 aromatic rings. The van der Waals surface area contributed by atoms with Gasteiger partial charge in [0.1, 0.15) is 11.6 Å². The van der Waals surface area contributed by atoms with E-state index in [9.17, 15) is 19.1 Å². The van der Waals surface area contributed by atoms with Crippen LogP contribution in [0.4, 0.5) is 4.39 Å². The normalized spacial score (nSPS) is 34.0. The van der Waals surface area contributed by atoms with E-state index in [0.717, 1.165) is 25.7 Å². The first kappa shape index (κ1) is 19.2. The first-order valence-corrected chi connectivity index (χ1v) is 9.98. The zero-order valence-corrected chi connectivity index (χ0v) is 16.0. The minimum absolute atomic E-state index is 0.149. The van der Waals surface area contributed by atoms with Crippen LogP contribution in [0.5, 0.6) is 5.75 Å². The smallest absolute Gasteiger partial charge is 0.279 e. The predicted octanol–water partition coefficient (Wildman–Crippen LogP) is 2.46. The van der Waals surface area contributed by atoms with Crippen LogP contribution in [-0.2, 0) is 9.59 Å². The van der Waals surface area contributed by atoms with Crippen molar-refractivity contribution < 1.29 is 23.8 Å². The van der Waals surface area contributed by atoms with Crippen molar-refractivity contribution in [2.24, 2.45) is 17.3 Å². The third-order valence-corrected chi connectivity index (χ3v) is 6.51. The molecule has 0 aliphatic heterocycles. The van der Waals surface area contributed by atoms with Gasteiger partial charge in [0.15, 0.2) is 6.10 Å². The van der Waals surface area contributed by atoms with Gasteiger partial charge in [-0.15, -0.1) is 0 Å². The maximum absolute atomic E-state index is 12.9. The van der Waals surface area contributed by atoms with E-state index in [0.29, 0.717) is 30.4 Å². The van der Waals surface area contributed by atoms with Crippen LogP contribution < -0.4 is 15.6 Å². The number of nitrogens with one attached hydrogen (secondary N) is 2. The number of ether oxygens (including phenoxy) is 1. The summed E-state index contributed by atoms with van der Waals surface area (Å²) in [5.41, 5.74) is 4.14. The highest BCUT2D eigenvalue weighted by molar-refractivity contribution is 5.84. The molecule has 0 spiro atoms. The summed E-state index contributed by atoms with van der Waals surface area (Å²) in [6, 6.07) is 5.38. The molecule has 28 heavy (non-hydrogen) atoms. The van der Waals surface area contributed by atoms with Crippen LogP contribution >= 0.6 is 0 Å². The maximum Gasteiger partial charge on any atom is 0.279 e. The molecule has 4 aliphatic rings. The van der Waals surface area contributed by atoms with Crippen LogP contribution in [0.2, 0.25) is 0 Å². The van der Waals surface area contributed by atoms with Gasteiger partial charge < -0.3 is 9.84 Å². The molecule has 5 atom stereocenters. The molecule has 7 heteroatoms. The van der Waals surface area contributed by atoms with Crippen molar-refractivity contribution in [1.29, 1.82) is 0 Å². The van der Waals surface area contributed by atoms with E-state index in [4.69, 9.17) is 4.74 Å². The fourth-order valence-corrected chi connectivity index (χ4v) is 6.00. The summed E-state index contributed by atoms with van der Waals surface area (Å²) in [7, 11) is 0. The first-order valence-electron chi connectivity index (χ1n) is 9.98. The third kappa shape index (κ3) is 3.99. The molecule has 3 N–H and O–H groups in total. The quantitative estimate of drug-likeness (QED) is 0.674. The number of hydrogen-bond donors (Lipinski definition) is 3. The zero-order valence-electron chi connectivity index (χ0n) is 16.0. The molecule has 5 rings (SSSR count). The molecule has 0 aromatic heterocycles. The summed E-state index contributed by atoms with van der Waals surface area (Å²) in [6.45, 7) is 1.56. The minimum atomic E-state index is -0.842. The summed E-state index contributed by atoms with van der Waals surface area (Å²) >= 11 is 0. The Morgan fingerprint density at radius 1 is 1.18 bits per heavy atom. The number of rotatable bonds is 5. The van der Waals surface area contributed by atoms with E-state index in [1.807, 2.05) is 0 Å². The summed E-state index contributed by atoms with van der Waals surface area (Å²) < 4.78 is 18.4. The summed E-state index contributed by atoms with van der Waals surface area (Å²) in [5.74, 6) is 0.286. The highest BCUT2D eigenvalue weighted by Gasteiger charge is 2.57. The SMILES string of the molecule is C[C@H](Oc1ccc(F)cc1)C(=O)NNC(=O)CC12C[C@@H]3C[C@@H](CC(O)(C3)C1)C2. The van der Waals surface area contributed by atoms with Crippen molar-refractivity contribution in [2.45, 2.75) is 63.6 Å². The molecule has 4 aliphatic carbocycles. The van der Waals surface area contributed by atoms with Crippen molar-refractivity contribution in [1.82, 2.24) is 10.9 Å². The lowest BCUT2D eigenvalue weighted by atomic mass is 9.47. The first-order chi connectivity index (χ1) is 13.2. The lowest BCUT2D eigenvalue weighted by Gasteiger charge is -2.60. The van der Waals surface area contributed by atoms with Crippen LogP contribution in [0.1, 0.15) is 51.9 Å². The molecule has 4 bridgehead atoms. The van der Waals surface area contributed by atoms with E-state index in [2.05, 4.69) is 10.9 Å². The molecule has 2 unspecified atom stereocenters. The molecule has 6 nitrogen and oxygen atoms in total. The van der Waals surface area contributed by atoms with Crippen LogP contribution in [0.3, 0.4) is 0 Å². The molecule has 0 radical (unpaired) electrons. The maximum atomic E-state index is 12.9. The minimum Gasteiger partial charge on any atom is -0.481 e. The van der Waals surface area contributed by atoms with Gasteiger partial charge in [0.05, 0.1) is 5.60 Å². The van der Waals surface area contributed by atoms with Crippen molar-refractivity contribution in [2.75, 3.05) is 0 Å². The molecule has 1 aromatic carbocycles. The highest BCUT2D eigenvalue weighted by Crippen LogP contribution is 2.62. The molecule has 0 heterocycles. The van der Waals surface area contributed by atoms with Crippen molar-refractivity contribution >= 4 is 11.8 Å². The monoisotopic (exact) mass is 390 g/mol. The number of aliphatic hydroxyl groups is 1. The second-order valence-corrected chi connectivity index (χ2v) is 9.11. The van der Waals surface area contributed by atoms with Gasteiger partial charge in [-0.05, 0) is 87.0 Å². The Labute approximate surface area is 163 Å². The van der Waals surface area contributed by atoms with Gasteiger partial charge in [-0.3, -0.25) is 20.4 Å². The molecular formula is C21H27FN2O4. The van der Waals surface area contributed by atoms with Crippen molar-refractivity contribution in [3.05, 3.63) is 30.1 Å².